The summed E-state index contributed by atoms with van der Waals surface area (Å²) in [4.78, 5) is 29.3. The molecule has 0 aliphatic heterocycles. The number of alkyl halides is 6. The van der Waals surface area contributed by atoms with E-state index >= 15 is 0 Å². The molecule has 1 aromatic heterocycles. The maximum Gasteiger partial charge on any atom is 0.422 e. The van der Waals surface area contributed by atoms with Crippen molar-refractivity contribution >= 4 is 12.0 Å². The van der Waals surface area contributed by atoms with Crippen molar-refractivity contribution in [2.24, 2.45) is 0 Å². The van der Waals surface area contributed by atoms with Crippen LogP contribution in [0.2, 0.25) is 0 Å². The molecule has 2 amide bonds. The van der Waals surface area contributed by atoms with Crippen molar-refractivity contribution in [2.75, 3.05) is 6.61 Å². The molecule has 0 saturated heterocycles. The summed E-state index contributed by atoms with van der Waals surface area (Å²) in [6, 6.07) is 4.80. The van der Waals surface area contributed by atoms with Gasteiger partial charge >= 0.3 is 18.4 Å². The van der Waals surface area contributed by atoms with Crippen LogP contribution in [-0.2, 0) is 22.1 Å². The molecule has 0 radical (unpaired) electrons. The van der Waals surface area contributed by atoms with Crippen molar-refractivity contribution in [1.82, 2.24) is 15.6 Å². The molecule has 2 N–H and O–H groups in total. The van der Waals surface area contributed by atoms with Crippen LogP contribution < -0.4 is 15.4 Å². The number of hydrogen-bond donors (Lipinski definition) is 2. The maximum atomic E-state index is 13.0. The summed E-state index contributed by atoms with van der Waals surface area (Å²) < 4.78 is 85.3. The molecule has 2 rings (SSSR count). The summed E-state index contributed by atoms with van der Waals surface area (Å²) in [5, 5.41) is 5.04. The van der Waals surface area contributed by atoms with Gasteiger partial charge in [-0.15, -0.1) is 0 Å². The van der Waals surface area contributed by atoms with Crippen molar-refractivity contribution in [3.63, 3.8) is 0 Å². The molecule has 37 heavy (non-hydrogen) atoms. The first-order chi connectivity index (χ1) is 16.9. The van der Waals surface area contributed by atoms with E-state index in [-0.39, 0.29) is 12.2 Å². The number of hydrogen-bond acceptors (Lipinski definition) is 5. The molecule has 0 aliphatic carbocycles. The van der Waals surface area contributed by atoms with E-state index in [1.165, 1.54) is 24.3 Å². The lowest BCUT2D eigenvalue weighted by Crippen LogP contribution is -2.49. The first-order valence-corrected chi connectivity index (χ1v) is 11.0. The molecule has 204 valence electrons. The molecule has 0 fully saturated rings. The number of nitrogens with zero attached hydrogens (tertiary/aromatic N) is 1. The van der Waals surface area contributed by atoms with Crippen LogP contribution in [0.3, 0.4) is 0 Å². The van der Waals surface area contributed by atoms with Gasteiger partial charge in [-0.05, 0) is 57.5 Å². The Morgan fingerprint density at radius 3 is 2.05 bits per heavy atom. The summed E-state index contributed by atoms with van der Waals surface area (Å²) in [6.07, 6.45) is -9.02. The van der Waals surface area contributed by atoms with Crippen molar-refractivity contribution in [3.8, 4) is 5.75 Å². The number of pyridine rings is 1. The van der Waals surface area contributed by atoms with Gasteiger partial charge in [-0.25, -0.2) is 4.79 Å². The molecule has 1 heterocycles. The summed E-state index contributed by atoms with van der Waals surface area (Å²) in [5.41, 5.74) is -1.09. The zero-order valence-corrected chi connectivity index (χ0v) is 20.5. The molecular weight excluding hydrogens is 508 g/mol. The highest BCUT2D eigenvalue weighted by molar-refractivity contribution is 5.86. The lowest BCUT2D eigenvalue weighted by atomic mass is 10.0. The molecule has 7 nitrogen and oxygen atoms in total. The van der Waals surface area contributed by atoms with E-state index in [9.17, 15) is 35.9 Å². The van der Waals surface area contributed by atoms with Crippen LogP contribution in [0.5, 0.6) is 5.75 Å². The third-order valence-electron chi connectivity index (χ3n) is 4.69. The number of aromatic nitrogens is 1. The molecule has 0 aliphatic rings. The van der Waals surface area contributed by atoms with Crippen LogP contribution in [0.15, 0.2) is 42.6 Å². The molecular formula is C24H27F6N3O4. The number of carbonyl (C=O) groups is 2. The SMILES string of the molecule is C[C@@H](NC(=O)[C@@H](Cc1ccc(C(F)(F)F)cc1)NC(=O)OC(C)(C)C)c1ccc(OCC(F)(F)F)cn1. The van der Waals surface area contributed by atoms with Gasteiger partial charge in [0.15, 0.2) is 6.61 Å². The normalized spacial score (nSPS) is 13.9. The Kier molecular flexibility index (Phi) is 9.39. The fourth-order valence-corrected chi connectivity index (χ4v) is 3.01. The minimum absolute atomic E-state index is 0.119. The number of alkyl carbamates (subject to hydrolysis) is 1. The van der Waals surface area contributed by atoms with Gasteiger partial charge in [-0.1, -0.05) is 12.1 Å². The van der Waals surface area contributed by atoms with Crippen LogP contribution in [0.1, 0.15) is 50.6 Å². The van der Waals surface area contributed by atoms with E-state index in [2.05, 4.69) is 20.4 Å². The number of carbonyl (C=O) groups excluding carboxylic acids is 2. The second kappa shape index (κ2) is 11.7. The quantitative estimate of drug-likeness (QED) is 0.445. The van der Waals surface area contributed by atoms with Crippen LogP contribution in [0.4, 0.5) is 31.1 Å². The predicted octanol–water partition coefficient (Wildman–Crippen LogP) is 5.35. The molecule has 2 atom stereocenters. The first-order valence-electron chi connectivity index (χ1n) is 11.0. The Morgan fingerprint density at radius 2 is 1.57 bits per heavy atom. The highest BCUT2D eigenvalue weighted by Crippen LogP contribution is 2.29. The van der Waals surface area contributed by atoms with Crippen molar-refractivity contribution in [2.45, 2.75) is 64.2 Å². The summed E-state index contributed by atoms with van der Waals surface area (Å²) >= 11 is 0. The predicted molar refractivity (Wildman–Crippen MR) is 121 cm³/mol. The van der Waals surface area contributed by atoms with E-state index in [1.54, 1.807) is 27.7 Å². The second-order valence-electron chi connectivity index (χ2n) is 9.15. The van der Waals surface area contributed by atoms with E-state index < -0.39 is 54.2 Å². The third kappa shape index (κ3) is 10.6. The van der Waals surface area contributed by atoms with E-state index in [1.807, 2.05) is 0 Å². The lowest BCUT2D eigenvalue weighted by Gasteiger charge is -2.24. The van der Waals surface area contributed by atoms with Crippen molar-refractivity contribution in [3.05, 3.63) is 59.4 Å². The summed E-state index contributed by atoms with van der Waals surface area (Å²) in [7, 11) is 0. The van der Waals surface area contributed by atoms with Crippen LogP contribution in [0, 0.1) is 0 Å². The van der Waals surface area contributed by atoms with Crippen molar-refractivity contribution < 1.29 is 45.4 Å². The zero-order chi connectivity index (χ0) is 28.0. The average molecular weight is 535 g/mol. The third-order valence-corrected chi connectivity index (χ3v) is 4.69. The Bertz CT molecular complexity index is 1050. The van der Waals surface area contributed by atoms with Crippen molar-refractivity contribution in [1.29, 1.82) is 0 Å². The second-order valence-corrected chi connectivity index (χ2v) is 9.15. The van der Waals surface area contributed by atoms with E-state index in [0.29, 0.717) is 11.3 Å². The number of amides is 2. The summed E-state index contributed by atoms with van der Waals surface area (Å²) in [5.74, 6) is -0.802. The number of halogens is 6. The fraction of sp³-hybridized carbons (Fsp3) is 0.458. The Balaban J connectivity index is 2.13. The Morgan fingerprint density at radius 1 is 0.946 bits per heavy atom. The van der Waals surface area contributed by atoms with Gasteiger partial charge in [0, 0.05) is 6.42 Å². The standard InChI is InChI=1S/C24H27F6N3O4/c1-14(18-10-9-17(12-31-18)36-13-23(25,26)27)32-20(34)19(33-21(35)37-22(2,3)4)11-15-5-7-16(8-6-15)24(28,29)30/h5-10,12,14,19H,11,13H2,1-4H3,(H,32,34)(H,33,35)/t14-,19-/m1/s1. The average Bonchev–Trinajstić information content (AvgIpc) is 2.75. The van der Waals surface area contributed by atoms with Crippen LogP contribution in [0.25, 0.3) is 0 Å². The number of rotatable bonds is 8. The topological polar surface area (TPSA) is 89.6 Å². The van der Waals surface area contributed by atoms with Crippen LogP contribution in [-0.4, -0.2) is 41.4 Å². The Labute approximate surface area is 209 Å². The molecule has 0 saturated carbocycles. The van der Waals surface area contributed by atoms with Gasteiger partial charge < -0.3 is 20.1 Å². The first kappa shape index (κ1) is 29.7. The molecule has 13 heteroatoms. The van der Waals surface area contributed by atoms with Crippen LogP contribution >= 0.6 is 0 Å². The maximum absolute atomic E-state index is 13.0. The monoisotopic (exact) mass is 535 g/mol. The summed E-state index contributed by atoms with van der Waals surface area (Å²) in [6.45, 7) is 4.93. The largest absolute Gasteiger partial charge is 0.483 e. The van der Waals surface area contributed by atoms with Gasteiger partial charge in [0.05, 0.1) is 23.5 Å². The van der Waals surface area contributed by atoms with Gasteiger partial charge in [0.25, 0.3) is 0 Å². The highest BCUT2D eigenvalue weighted by Gasteiger charge is 2.31. The smallest absolute Gasteiger partial charge is 0.422 e. The molecule has 1 aromatic carbocycles. The number of ether oxygens (including phenoxy) is 2. The molecule has 0 spiro atoms. The zero-order valence-electron chi connectivity index (χ0n) is 20.5. The van der Waals surface area contributed by atoms with E-state index in [0.717, 1.165) is 18.3 Å². The molecule has 2 aromatic rings. The highest BCUT2D eigenvalue weighted by atomic mass is 19.4. The lowest BCUT2D eigenvalue weighted by molar-refractivity contribution is -0.153. The van der Waals surface area contributed by atoms with Gasteiger partial charge in [0.1, 0.15) is 17.4 Å². The molecule has 0 bridgehead atoms. The fourth-order valence-electron chi connectivity index (χ4n) is 3.01. The van der Waals surface area contributed by atoms with E-state index in [4.69, 9.17) is 4.74 Å². The van der Waals surface area contributed by atoms with Gasteiger partial charge in [-0.3, -0.25) is 9.78 Å². The van der Waals surface area contributed by atoms with Gasteiger partial charge in [-0.2, -0.15) is 26.3 Å². The minimum atomic E-state index is -4.53. The molecule has 0 unspecified atom stereocenters. The number of nitrogens with one attached hydrogen (secondary N) is 2. The Hall–Kier alpha value is -3.51. The van der Waals surface area contributed by atoms with Gasteiger partial charge in [0.2, 0.25) is 5.91 Å². The number of benzene rings is 1. The minimum Gasteiger partial charge on any atom is -0.483 e.